The van der Waals surface area contributed by atoms with Crippen molar-refractivity contribution in [3.8, 4) is 0 Å². The van der Waals surface area contributed by atoms with Crippen LogP contribution >= 0.6 is 11.3 Å². The fourth-order valence-electron chi connectivity index (χ4n) is 2.42. The average molecular weight is 265 g/mol. The van der Waals surface area contributed by atoms with Crippen molar-refractivity contribution in [2.75, 3.05) is 0 Å². The van der Waals surface area contributed by atoms with E-state index in [4.69, 9.17) is 5.73 Å². The summed E-state index contributed by atoms with van der Waals surface area (Å²) in [5, 5.41) is 3.29. The number of nitrogens with zero attached hydrogens (tertiary/aromatic N) is 1. The van der Waals surface area contributed by atoms with Gasteiger partial charge < -0.3 is 11.1 Å². The molecule has 0 saturated heterocycles. The number of hydrogen-bond acceptors (Lipinski definition) is 2. The molecule has 1 fully saturated rings. The maximum atomic E-state index is 5.99. The van der Waals surface area contributed by atoms with Gasteiger partial charge in [-0.25, -0.2) is 0 Å². The van der Waals surface area contributed by atoms with Gasteiger partial charge in [-0.15, -0.1) is 11.3 Å². The maximum Gasteiger partial charge on any atom is 0.189 e. The zero-order valence-corrected chi connectivity index (χ0v) is 12.1. The zero-order chi connectivity index (χ0) is 13.0. The third kappa shape index (κ3) is 3.73. The number of guanidine groups is 1. The van der Waals surface area contributed by atoms with Gasteiger partial charge in [-0.2, -0.15) is 0 Å². The highest BCUT2D eigenvalue weighted by molar-refractivity contribution is 7.12. The molecule has 1 aliphatic carbocycles. The highest BCUT2D eigenvalue weighted by Crippen LogP contribution is 2.23. The first-order chi connectivity index (χ1) is 8.65. The first-order valence-corrected chi connectivity index (χ1v) is 7.63. The van der Waals surface area contributed by atoms with Crippen molar-refractivity contribution < 1.29 is 0 Å². The van der Waals surface area contributed by atoms with Crippen molar-refractivity contribution in [2.45, 2.75) is 58.0 Å². The summed E-state index contributed by atoms with van der Waals surface area (Å²) in [6, 6.07) is 4.98. The molecule has 0 bridgehead atoms. The first kappa shape index (κ1) is 13.4. The fourth-order valence-corrected chi connectivity index (χ4v) is 3.30. The van der Waals surface area contributed by atoms with Crippen LogP contribution in [0.2, 0.25) is 0 Å². The third-order valence-electron chi connectivity index (χ3n) is 3.45. The Balaban J connectivity index is 1.89. The van der Waals surface area contributed by atoms with E-state index in [9.17, 15) is 0 Å². The molecule has 1 aromatic rings. The monoisotopic (exact) mass is 265 g/mol. The van der Waals surface area contributed by atoms with Crippen LogP contribution in [0.5, 0.6) is 0 Å². The molecule has 1 aliphatic rings. The quantitative estimate of drug-likeness (QED) is 0.650. The molecule has 1 atom stereocenters. The van der Waals surface area contributed by atoms with Crippen molar-refractivity contribution in [2.24, 2.45) is 10.7 Å². The van der Waals surface area contributed by atoms with Crippen LogP contribution in [-0.4, -0.2) is 12.0 Å². The van der Waals surface area contributed by atoms with E-state index in [-0.39, 0.29) is 6.04 Å². The highest BCUT2D eigenvalue weighted by Gasteiger charge is 2.13. The zero-order valence-electron chi connectivity index (χ0n) is 11.3. The lowest BCUT2D eigenvalue weighted by Crippen LogP contribution is -2.35. The highest BCUT2D eigenvalue weighted by atomic mass is 32.1. The molecule has 1 aromatic heterocycles. The van der Waals surface area contributed by atoms with E-state index in [0.29, 0.717) is 12.0 Å². The molecule has 0 aliphatic heterocycles. The Morgan fingerprint density at radius 1 is 1.39 bits per heavy atom. The minimum atomic E-state index is 0.246. The van der Waals surface area contributed by atoms with Crippen LogP contribution in [-0.2, 0) is 0 Å². The van der Waals surface area contributed by atoms with E-state index < -0.39 is 0 Å². The van der Waals surface area contributed by atoms with Gasteiger partial charge in [0.15, 0.2) is 5.96 Å². The van der Waals surface area contributed by atoms with Crippen LogP contribution in [0, 0.1) is 6.92 Å². The topological polar surface area (TPSA) is 50.4 Å². The molecular formula is C14H23N3S. The van der Waals surface area contributed by atoms with Gasteiger partial charge in [-0.3, -0.25) is 4.99 Å². The number of hydrogen-bond donors (Lipinski definition) is 2. The van der Waals surface area contributed by atoms with Gasteiger partial charge in [0.2, 0.25) is 0 Å². The van der Waals surface area contributed by atoms with Crippen molar-refractivity contribution in [3.05, 3.63) is 21.9 Å². The van der Waals surface area contributed by atoms with Crippen LogP contribution < -0.4 is 11.1 Å². The van der Waals surface area contributed by atoms with Crippen LogP contribution in [0.4, 0.5) is 0 Å². The number of nitrogens with one attached hydrogen (secondary N) is 1. The minimum absolute atomic E-state index is 0.246. The Morgan fingerprint density at radius 2 is 2.11 bits per heavy atom. The summed E-state index contributed by atoms with van der Waals surface area (Å²) in [5.41, 5.74) is 5.99. The van der Waals surface area contributed by atoms with Crippen LogP contribution in [0.25, 0.3) is 0 Å². The van der Waals surface area contributed by atoms with Crippen molar-refractivity contribution in [3.63, 3.8) is 0 Å². The Hall–Kier alpha value is -1.03. The molecule has 1 unspecified atom stereocenters. The molecule has 100 valence electrons. The maximum absolute atomic E-state index is 5.99. The second-order valence-electron chi connectivity index (χ2n) is 5.12. The summed E-state index contributed by atoms with van der Waals surface area (Å²) in [6.45, 7) is 4.26. The molecule has 18 heavy (non-hydrogen) atoms. The molecule has 3 N–H and O–H groups in total. The predicted molar refractivity (Wildman–Crippen MR) is 79.1 cm³/mol. The van der Waals surface area contributed by atoms with Gasteiger partial charge >= 0.3 is 0 Å². The number of thiophene rings is 1. The van der Waals surface area contributed by atoms with Gasteiger partial charge in [0.05, 0.1) is 12.1 Å². The predicted octanol–water partition coefficient (Wildman–Crippen LogP) is 3.35. The number of aryl methyl sites for hydroxylation is 1. The summed E-state index contributed by atoms with van der Waals surface area (Å²) in [6.07, 6.45) is 6.32. The summed E-state index contributed by atoms with van der Waals surface area (Å²) >= 11 is 1.81. The van der Waals surface area contributed by atoms with E-state index >= 15 is 0 Å². The molecule has 4 heteroatoms. The Morgan fingerprint density at radius 3 is 2.72 bits per heavy atom. The SMILES string of the molecule is Cc1ccc(C(C)NC(N)=NC2CCCCC2)s1. The summed E-state index contributed by atoms with van der Waals surface area (Å²) in [4.78, 5) is 7.25. The second kappa shape index (κ2) is 6.23. The van der Waals surface area contributed by atoms with E-state index in [1.807, 2.05) is 11.3 Å². The standard InChI is InChI=1S/C14H23N3S/c1-10-8-9-13(18-10)11(2)16-14(15)17-12-6-4-3-5-7-12/h8-9,11-12H,3-7H2,1-2H3,(H3,15,16,17). The third-order valence-corrected chi connectivity index (χ3v) is 4.63. The minimum Gasteiger partial charge on any atom is -0.370 e. The van der Waals surface area contributed by atoms with Crippen molar-refractivity contribution in [1.82, 2.24) is 5.32 Å². The van der Waals surface area contributed by atoms with Gasteiger partial charge in [-0.05, 0) is 38.8 Å². The lowest BCUT2D eigenvalue weighted by Gasteiger charge is -2.20. The molecule has 0 radical (unpaired) electrons. The van der Waals surface area contributed by atoms with Gasteiger partial charge in [-0.1, -0.05) is 19.3 Å². The van der Waals surface area contributed by atoms with E-state index in [1.165, 1.54) is 41.9 Å². The Kier molecular flexibility index (Phi) is 4.64. The lowest BCUT2D eigenvalue weighted by atomic mass is 9.96. The Bertz CT molecular complexity index is 405. The lowest BCUT2D eigenvalue weighted by molar-refractivity contribution is 0.441. The fraction of sp³-hybridized carbons (Fsp3) is 0.643. The molecule has 1 saturated carbocycles. The summed E-state index contributed by atoms with van der Waals surface area (Å²) < 4.78 is 0. The van der Waals surface area contributed by atoms with Gasteiger partial charge in [0.25, 0.3) is 0 Å². The molecule has 0 spiro atoms. The molecule has 0 amide bonds. The second-order valence-corrected chi connectivity index (χ2v) is 6.44. The van der Waals surface area contributed by atoms with Crippen LogP contribution in [0.15, 0.2) is 17.1 Å². The smallest absolute Gasteiger partial charge is 0.189 e. The number of rotatable bonds is 3. The Labute approximate surface area is 114 Å². The largest absolute Gasteiger partial charge is 0.370 e. The van der Waals surface area contributed by atoms with Gasteiger partial charge in [0, 0.05) is 9.75 Å². The van der Waals surface area contributed by atoms with Crippen molar-refractivity contribution >= 4 is 17.3 Å². The number of nitrogens with two attached hydrogens (primary N) is 1. The molecular weight excluding hydrogens is 242 g/mol. The van der Waals surface area contributed by atoms with Crippen molar-refractivity contribution in [1.29, 1.82) is 0 Å². The van der Waals surface area contributed by atoms with Gasteiger partial charge in [0.1, 0.15) is 0 Å². The molecule has 0 aromatic carbocycles. The molecule has 2 rings (SSSR count). The molecule has 1 heterocycles. The average Bonchev–Trinajstić information content (AvgIpc) is 2.77. The van der Waals surface area contributed by atoms with E-state index in [2.05, 4.69) is 36.3 Å². The summed E-state index contributed by atoms with van der Waals surface area (Å²) in [7, 11) is 0. The van der Waals surface area contributed by atoms with Crippen LogP contribution in [0.1, 0.15) is 54.8 Å². The number of aliphatic imine (C=N–C) groups is 1. The van der Waals surface area contributed by atoms with E-state index in [1.54, 1.807) is 0 Å². The molecule has 3 nitrogen and oxygen atoms in total. The normalized spacial score (nSPS) is 19.8. The van der Waals surface area contributed by atoms with E-state index in [0.717, 1.165) is 0 Å². The summed E-state index contributed by atoms with van der Waals surface area (Å²) in [5.74, 6) is 0.598. The first-order valence-electron chi connectivity index (χ1n) is 6.81. The van der Waals surface area contributed by atoms with Crippen LogP contribution in [0.3, 0.4) is 0 Å².